The maximum atomic E-state index is 12.2. The van der Waals surface area contributed by atoms with Crippen LogP contribution in [0.2, 0.25) is 0 Å². The van der Waals surface area contributed by atoms with Crippen molar-refractivity contribution < 1.29 is 9.53 Å². The zero-order chi connectivity index (χ0) is 15.0. The van der Waals surface area contributed by atoms with Crippen LogP contribution in [0.3, 0.4) is 0 Å². The van der Waals surface area contributed by atoms with Crippen molar-refractivity contribution in [2.75, 3.05) is 0 Å². The molecular formula is C18H24O2. The van der Waals surface area contributed by atoms with E-state index in [9.17, 15) is 4.79 Å². The first-order chi connectivity index (χ1) is 9.52. The second-order valence-corrected chi connectivity index (χ2v) is 5.45. The molecule has 0 bridgehead atoms. The molecule has 0 saturated heterocycles. The molecule has 2 nitrogen and oxygen atoms in total. The summed E-state index contributed by atoms with van der Waals surface area (Å²) in [4.78, 5) is 12.2. The lowest BCUT2D eigenvalue weighted by Gasteiger charge is -2.32. The van der Waals surface area contributed by atoms with Gasteiger partial charge in [0, 0.05) is 6.42 Å². The molecule has 2 heteroatoms. The average Bonchev–Trinajstić information content (AvgIpc) is 2.44. The van der Waals surface area contributed by atoms with E-state index < -0.39 is 5.41 Å². The van der Waals surface area contributed by atoms with Gasteiger partial charge in [0.05, 0.1) is 18.1 Å². The van der Waals surface area contributed by atoms with Crippen molar-refractivity contribution in [3.05, 3.63) is 61.2 Å². The smallest absolute Gasteiger partial charge is 0.144 e. The van der Waals surface area contributed by atoms with Gasteiger partial charge in [-0.05, 0) is 12.0 Å². The fraction of sp³-hybridized carbons (Fsp3) is 0.389. The van der Waals surface area contributed by atoms with E-state index in [1.807, 2.05) is 44.2 Å². The summed E-state index contributed by atoms with van der Waals surface area (Å²) in [5, 5.41) is 0. The number of Topliss-reactive ketones (excluding diaryl/α,β-unsaturated/α-hetero) is 1. The van der Waals surface area contributed by atoms with Crippen LogP contribution >= 0.6 is 0 Å². The molecule has 108 valence electrons. The number of carbonyl (C=O) groups excluding carboxylic acids is 1. The molecule has 0 heterocycles. The van der Waals surface area contributed by atoms with E-state index in [0.29, 0.717) is 19.4 Å². The first kappa shape index (κ1) is 16.4. The van der Waals surface area contributed by atoms with Crippen LogP contribution in [0.4, 0.5) is 0 Å². The minimum Gasteiger partial charge on any atom is -0.372 e. The van der Waals surface area contributed by atoms with Gasteiger partial charge < -0.3 is 4.74 Å². The normalized spacial score (nSPS) is 12.7. The average molecular weight is 272 g/mol. The van der Waals surface area contributed by atoms with Gasteiger partial charge in [0.25, 0.3) is 0 Å². The van der Waals surface area contributed by atoms with Gasteiger partial charge in [0.2, 0.25) is 0 Å². The molecule has 0 aromatic heterocycles. The minimum absolute atomic E-state index is 0.146. The summed E-state index contributed by atoms with van der Waals surface area (Å²) in [5.74, 6) is 0.146. The highest BCUT2D eigenvalue weighted by Crippen LogP contribution is 2.29. The Morgan fingerprint density at radius 3 is 2.45 bits per heavy atom. The summed E-state index contributed by atoms with van der Waals surface area (Å²) in [6.07, 6.45) is 4.30. The van der Waals surface area contributed by atoms with Crippen LogP contribution in [0.15, 0.2) is 55.6 Å². The van der Waals surface area contributed by atoms with Gasteiger partial charge in [0.1, 0.15) is 5.78 Å². The number of hydrogen-bond acceptors (Lipinski definition) is 2. The van der Waals surface area contributed by atoms with Gasteiger partial charge in [-0.15, -0.1) is 13.2 Å². The van der Waals surface area contributed by atoms with E-state index in [2.05, 4.69) is 13.2 Å². The lowest BCUT2D eigenvalue weighted by Crippen LogP contribution is -2.38. The fourth-order valence-corrected chi connectivity index (χ4v) is 2.07. The summed E-state index contributed by atoms with van der Waals surface area (Å²) >= 11 is 0. The van der Waals surface area contributed by atoms with E-state index in [0.717, 1.165) is 5.56 Å². The van der Waals surface area contributed by atoms with Crippen molar-refractivity contribution in [3.63, 3.8) is 0 Å². The van der Waals surface area contributed by atoms with Crippen molar-refractivity contribution >= 4 is 5.78 Å². The third kappa shape index (κ3) is 4.46. The van der Waals surface area contributed by atoms with E-state index >= 15 is 0 Å². The summed E-state index contributed by atoms with van der Waals surface area (Å²) in [6, 6.07) is 9.97. The van der Waals surface area contributed by atoms with Gasteiger partial charge in [-0.25, -0.2) is 0 Å². The van der Waals surface area contributed by atoms with Crippen molar-refractivity contribution in [3.8, 4) is 0 Å². The second kappa shape index (κ2) is 7.81. The molecule has 1 atom stereocenters. The molecule has 0 amide bonds. The minimum atomic E-state index is -0.544. The predicted molar refractivity (Wildman–Crippen MR) is 83.4 cm³/mol. The van der Waals surface area contributed by atoms with Gasteiger partial charge in [-0.3, -0.25) is 4.79 Å². The second-order valence-electron chi connectivity index (χ2n) is 5.45. The Morgan fingerprint density at radius 2 is 1.90 bits per heavy atom. The number of allylic oxidation sites excluding steroid dienone is 1. The lowest BCUT2D eigenvalue weighted by atomic mass is 9.79. The molecule has 1 rings (SSSR count). The monoisotopic (exact) mass is 272 g/mol. The van der Waals surface area contributed by atoms with E-state index in [1.54, 1.807) is 12.2 Å². The maximum absolute atomic E-state index is 12.2. The van der Waals surface area contributed by atoms with Crippen LogP contribution in [-0.4, -0.2) is 11.9 Å². The molecule has 1 aromatic carbocycles. The maximum Gasteiger partial charge on any atom is 0.144 e. The van der Waals surface area contributed by atoms with Crippen LogP contribution in [0.1, 0.15) is 32.3 Å². The first-order valence-electron chi connectivity index (χ1n) is 6.93. The largest absolute Gasteiger partial charge is 0.372 e. The van der Waals surface area contributed by atoms with Crippen molar-refractivity contribution in [1.82, 2.24) is 0 Å². The number of carbonyl (C=O) groups is 1. The standard InChI is InChI=1S/C18H24O2/c1-5-10-16(19)18(3,4)17(11-6-2)20-14-15-12-8-7-9-13-15/h5-9,12-13,17H,1-2,10-11,14H2,3-4H3/t17-/m0/s1. The third-order valence-electron chi connectivity index (χ3n) is 3.53. The van der Waals surface area contributed by atoms with E-state index in [4.69, 9.17) is 4.74 Å². The van der Waals surface area contributed by atoms with Crippen LogP contribution in [0, 0.1) is 5.41 Å². The van der Waals surface area contributed by atoms with Crippen LogP contribution in [-0.2, 0) is 16.1 Å². The lowest BCUT2D eigenvalue weighted by molar-refractivity contribution is -0.136. The number of benzene rings is 1. The molecule has 0 saturated carbocycles. The molecular weight excluding hydrogens is 248 g/mol. The zero-order valence-electron chi connectivity index (χ0n) is 12.5. The van der Waals surface area contributed by atoms with Gasteiger partial charge >= 0.3 is 0 Å². The molecule has 0 aliphatic rings. The number of rotatable bonds is 9. The first-order valence-corrected chi connectivity index (χ1v) is 6.93. The topological polar surface area (TPSA) is 26.3 Å². The summed E-state index contributed by atoms with van der Waals surface area (Å²) in [7, 11) is 0. The molecule has 0 aliphatic heterocycles. The molecule has 0 radical (unpaired) electrons. The molecule has 0 fully saturated rings. The highest BCUT2D eigenvalue weighted by Gasteiger charge is 2.35. The Kier molecular flexibility index (Phi) is 6.40. The fourth-order valence-electron chi connectivity index (χ4n) is 2.07. The van der Waals surface area contributed by atoms with Crippen molar-refractivity contribution in [1.29, 1.82) is 0 Å². The Bertz CT molecular complexity index is 446. The number of ether oxygens (including phenoxy) is 1. The van der Waals surface area contributed by atoms with Crippen LogP contribution < -0.4 is 0 Å². The third-order valence-corrected chi connectivity index (χ3v) is 3.53. The SMILES string of the molecule is C=CCC(=O)C(C)(C)[C@H](CC=C)OCc1ccccc1. The Balaban J connectivity index is 2.74. The van der Waals surface area contributed by atoms with Crippen LogP contribution in [0.25, 0.3) is 0 Å². The quantitative estimate of drug-likeness (QED) is 0.626. The molecule has 20 heavy (non-hydrogen) atoms. The van der Waals surface area contributed by atoms with Crippen LogP contribution in [0.5, 0.6) is 0 Å². The predicted octanol–water partition coefficient (Wildman–Crippen LogP) is 4.32. The van der Waals surface area contributed by atoms with Gasteiger partial charge in [0.15, 0.2) is 0 Å². The van der Waals surface area contributed by atoms with Gasteiger partial charge in [-0.1, -0.05) is 56.3 Å². The Morgan fingerprint density at radius 1 is 1.25 bits per heavy atom. The van der Waals surface area contributed by atoms with Crippen molar-refractivity contribution in [2.24, 2.45) is 5.41 Å². The summed E-state index contributed by atoms with van der Waals surface area (Å²) in [6.45, 7) is 11.8. The highest BCUT2D eigenvalue weighted by atomic mass is 16.5. The Labute approximate surface area is 122 Å². The summed E-state index contributed by atoms with van der Waals surface area (Å²) < 4.78 is 5.97. The molecule has 1 aromatic rings. The summed E-state index contributed by atoms with van der Waals surface area (Å²) in [5.41, 5.74) is 0.561. The molecule has 0 aliphatic carbocycles. The number of hydrogen-bond donors (Lipinski definition) is 0. The van der Waals surface area contributed by atoms with Gasteiger partial charge in [-0.2, -0.15) is 0 Å². The zero-order valence-corrected chi connectivity index (χ0v) is 12.5. The Hall–Kier alpha value is -1.67. The van der Waals surface area contributed by atoms with E-state index in [1.165, 1.54) is 0 Å². The highest BCUT2D eigenvalue weighted by molar-refractivity contribution is 5.85. The number of ketones is 1. The molecule has 0 unspecified atom stereocenters. The molecule has 0 spiro atoms. The van der Waals surface area contributed by atoms with E-state index in [-0.39, 0.29) is 11.9 Å². The van der Waals surface area contributed by atoms with Crippen molar-refractivity contribution in [2.45, 2.75) is 39.4 Å². The molecule has 0 N–H and O–H groups in total.